The van der Waals surface area contributed by atoms with E-state index in [1.54, 1.807) is 28.0 Å². The number of carboxylic acids is 1. The monoisotopic (exact) mass is 346 g/mol. The first-order chi connectivity index (χ1) is 10.0. The van der Waals surface area contributed by atoms with Crippen LogP contribution in [-0.4, -0.2) is 49.8 Å². The maximum atomic E-state index is 12.3. The fourth-order valence-corrected chi connectivity index (χ4v) is 5.06. The lowest BCUT2D eigenvalue weighted by Gasteiger charge is -2.26. The number of rotatable bonds is 6. The van der Waals surface area contributed by atoms with Crippen molar-refractivity contribution in [3.05, 3.63) is 16.1 Å². The van der Waals surface area contributed by atoms with E-state index in [0.717, 1.165) is 17.1 Å². The number of carbonyl (C=O) groups excluding carboxylic acids is 1. The zero-order chi connectivity index (χ0) is 15.4. The first-order valence-electron chi connectivity index (χ1n) is 6.67. The summed E-state index contributed by atoms with van der Waals surface area (Å²) in [4.78, 5) is 29.5. The molecule has 1 aromatic rings. The Bertz CT molecular complexity index is 521. The number of carbonyl (C=O) groups is 2. The molecule has 8 heteroatoms. The Kier molecular flexibility index (Phi) is 5.95. The first kappa shape index (κ1) is 16.6. The molecule has 21 heavy (non-hydrogen) atoms. The number of thioether (sulfide) groups is 2. The van der Waals surface area contributed by atoms with E-state index in [2.05, 4.69) is 4.98 Å². The van der Waals surface area contributed by atoms with E-state index in [1.165, 1.54) is 11.8 Å². The Balaban J connectivity index is 1.89. The van der Waals surface area contributed by atoms with Crippen molar-refractivity contribution in [2.45, 2.75) is 37.4 Å². The van der Waals surface area contributed by atoms with E-state index in [4.69, 9.17) is 0 Å². The molecule has 1 saturated heterocycles. The van der Waals surface area contributed by atoms with Crippen molar-refractivity contribution in [1.29, 1.82) is 0 Å². The highest BCUT2D eigenvalue weighted by Gasteiger charge is 2.40. The standard InChI is InChI=1S/C13H18N2O3S3/c1-3-12-15(10(6-21-12)13(17)18)11(16)7-19-4-9-5-20-8(2)14-9/h5,10,12H,3-4,6-7H2,1-2H3,(H,17,18). The normalized spacial score (nSPS) is 21.7. The Morgan fingerprint density at radius 3 is 2.90 bits per heavy atom. The molecule has 0 aliphatic carbocycles. The van der Waals surface area contributed by atoms with Gasteiger partial charge >= 0.3 is 5.97 Å². The summed E-state index contributed by atoms with van der Waals surface area (Å²) in [5, 5.41) is 12.2. The predicted octanol–water partition coefficient (Wildman–Crippen LogP) is 2.45. The number of thiazole rings is 1. The molecule has 1 aromatic heterocycles. The summed E-state index contributed by atoms with van der Waals surface area (Å²) in [5.41, 5.74) is 0.980. The van der Waals surface area contributed by atoms with Crippen LogP contribution in [0.25, 0.3) is 0 Å². The minimum atomic E-state index is -0.910. The summed E-state index contributed by atoms with van der Waals surface area (Å²) in [6.07, 6.45) is 0.774. The lowest BCUT2D eigenvalue weighted by Crippen LogP contribution is -2.46. The minimum Gasteiger partial charge on any atom is -0.480 e. The van der Waals surface area contributed by atoms with Crippen molar-refractivity contribution >= 4 is 46.7 Å². The molecule has 1 N–H and O–H groups in total. The summed E-state index contributed by atoms with van der Waals surface area (Å²) in [6.45, 7) is 3.93. The van der Waals surface area contributed by atoms with Crippen molar-refractivity contribution in [3.8, 4) is 0 Å². The molecule has 1 amide bonds. The highest BCUT2D eigenvalue weighted by atomic mass is 32.2. The number of aliphatic carboxylic acids is 1. The Hall–Kier alpha value is -0.730. The van der Waals surface area contributed by atoms with Crippen LogP contribution >= 0.6 is 34.9 Å². The largest absolute Gasteiger partial charge is 0.480 e. The number of hydrogen-bond donors (Lipinski definition) is 1. The van der Waals surface area contributed by atoms with E-state index in [1.807, 2.05) is 19.2 Å². The van der Waals surface area contributed by atoms with Crippen LogP contribution in [0.4, 0.5) is 0 Å². The molecule has 1 fully saturated rings. The quantitative estimate of drug-likeness (QED) is 0.853. The number of aromatic nitrogens is 1. The van der Waals surface area contributed by atoms with Gasteiger partial charge in [-0.1, -0.05) is 6.92 Å². The van der Waals surface area contributed by atoms with Gasteiger partial charge in [0.15, 0.2) is 0 Å². The lowest BCUT2D eigenvalue weighted by molar-refractivity contribution is -0.148. The third kappa shape index (κ3) is 4.14. The second kappa shape index (κ2) is 7.51. The molecular formula is C13H18N2O3S3. The van der Waals surface area contributed by atoms with Gasteiger partial charge in [-0.3, -0.25) is 4.79 Å². The van der Waals surface area contributed by atoms with Gasteiger partial charge in [0.05, 0.1) is 21.8 Å². The highest BCUT2D eigenvalue weighted by Crippen LogP contribution is 2.32. The van der Waals surface area contributed by atoms with E-state index < -0.39 is 12.0 Å². The van der Waals surface area contributed by atoms with Crippen LogP contribution in [-0.2, 0) is 15.3 Å². The molecule has 1 aliphatic heterocycles. The third-order valence-corrected chi connectivity index (χ3v) is 6.38. The molecule has 5 nitrogen and oxygen atoms in total. The summed E-state index contributed by atoms with van der Waals surface area (Å²) >= 11 is 4.64. The van der Waals surface area contributed by atoms with Gasteiger partial charge in [-0.25, -0.2) is 9.78 Å². The second-order valence-corrected chi connectivity index (χ2v) is 7.96. The van der Waals surface area contributed by atoms with Gasteiger partial charge in [-0.15, -0.1) is 34.9 Å². The summed E-state index contributed by atoms with van der Waals surface area (Å²) in [6, 6.07) is -0.686. The zero-order valence-electron chi connectivity index (χ0n) is 11.9. The number of aryl methyl sites for hydroxylation is 1. The Labute approximate surface area is 136 Å². The van der Waals surface area contributed by atoms with Crippen molar-refractivity contribution in [2.24, 2.45) is 0 Å². The topological polar surface area (TPSA) is 70.5 Å². The van der Waals surface area contributed by atoms with E-state index in [9.17, 15) is 14.7 Å². The van der Waals surface area contributed by atoms with Crippen LogP contribution in [0.3, 0.4) is 0 Å². The Morgan fingerprint density at radius 1 is 1.57 bits per heavy atom. The fourth-order valence-electron chi connectivity index (χ4n) is 2.19. The molecule has 0 bridgehead atoms. The first-order valence-corrected chi connectivity index (χ1v) is 9.75. The van der Waals surface area contributed by atoms with Crippen molar-refractivity contribution in [1.82, 2.24) is 9.88 Å². The van der Waals surface area contributed by atoms with Gasteiger partial charge in [0.25, 0.3) is 0 Å². The number of carboxylic acid groups (broad SMARTS) is 1. The maximum absolute atomic E-state index is 12.3. The number of nitrogens with zero attached hydrogens (tertiary/aromatic N) is 2. The number of hydrogen-bond acceptors (Lipinski definition) is 6. The van der Waals surface area contributed by atoms with Crippen LogP contribution in [0, 0.1) is 6.92 Å². The highest BCUT2D eigenvalue weighted by molar-refractivity contribution is 8.00. The SMILES string of the molecule is CCC1SCC(C(=O)O)N1C(=O)CSCc1csc(C)n1. The third-order valence-electron chi connectivity index (χ3n) is 3.16. The van der Waals surface area contributed by atoms with E-state index >= 15 is 0 Å². The second-order valence-electron chi connectivity index (χ2n) is 4.70. The van der Waals surface area contributed by atoms with Gasteiger partial charge in [0.2, 0.25) is 5.91 Å². The average Bonchev–Trinajstić information content (AvgIpc) is 3.04. The maximum Gasteiger partial charge on any atom is 0.327 e. The molecular weight excluding hydrogens is 328 g/mol. The van der Waals surface area contributed by atoms with Gasteiger partial charge < -0.3 is 10.0 Å². The van der Waals surface area contributed by atoms with Gasteiger partial charge in [-0.2, -0.15) is 0 Å². The van der Waals surface area contributed by atoms with Gasteiger partial charge in [0.1, 0.15) is 6.04 Å². The van der Waals surface area contributed by atoms with Crippen molar-refractivity contribution in [2.75, 3.05) is 11.5 Å². The molecule has 2 unspecified atom stereocenters. The fraction of sp³-hybridized carbons (Fsp3) is 0.615. The zero-order valence-corrected chi connectivity index (χ0v) is 14.4. The molecule has 0 radical (unpaired) electrons. The molecule has 2 heterocycles. The van der Waals surface area contributed by atoms with Crippen LogP contribution < -0.4 is 0 Å². The van der Waals surface area contributed by atoms with Crippen LogP contribution in [0.2, 0.25) is 0 Å². The van der Waals surface area contributed by atoms with Gasteiger partial charge in [0, 0.05) is 16.9 Å². The molecule has 2 atom stereocenters. The molecule has 0 aromatic carbocycles. The summed E-state index contributed by atoms with van der Waals surface area (Å²) < 4.78 is 0. The van der Waals surface area contributed by atoms with Gasteiger partial charge in [-0.05, 0) is 13.3 Å². The predicted molar refractivity (Wildman–Crippen MR) is 87.8 cm³/mol. The molecule has 1 aliphatic rings. The molecule has 0 spiro atoms. The van der Waals surface area contributed by atoms with Crippen LogP contribution in [0.15, 0.2) is 5.38 Å². The van der Waals surface area contributed by atoms with Crippen molar-refractivity contribution in [3.63, 3.8) is 0 Å². The lowest BCUT2D eigenvalue weighted by atomic mass is 10.2. The van der Waals surface area contributed by atoms with Crippen LogP contribution in [0.5, 0.6) is 0 Å². The minimum absolute atomic E-state index is 0.0132. The summed E-state index contributed by atoms with van der Waals surface area (Å²) in [5.74, 6) is 0.474. The molecule has 2 rings (SSSR count). The van der Waals surface area contributed by atoms with E-state index in [-0.39, 0.29) is 11.3 Å². The average molecular weight is 346 g/mol. The number of amides is 1. The van der Waals surface area contributed by atoms with Crippen LogP contribution in [0.1, 0.15) is 24.0 Å². The van der Waals surface area contributed by atoms with Crippen molar-refractivity contribution < 1.29 is 14.7 Å². The molecule has 0 saturated carbocycles. The Morgan fingerprint density at radius 2 is 2.33 bits per heavy atom. The molecule has 116 valence electrons. The smallest absolute Gasteiger partial charge is 0.327 e. The summed E-state index contributed by atoms with van der Waals surface area (Å²) in [7, 11) is 0. The van der Waals surface area contributed by atoms with E-state index in [0.29, 0.717) is 17.3 Å².